The molecule has 0 saturated heterocycles. The summed E-state index contributed by atoms with van der Waals surface area (Å²) in [6.07, 6.45) is 4.07. The fourth-order valence-electron chi connectivity index (χ4n) is 2.95. The van der Waals surface area contributed by atoms with Crippen molar-refractivity contribution in [1.82, 2.24) is 30.2 Å². The summed E-state index contributed by atoms with van der Waals surface area (Å²) in [5, 5.41) is 12.8. The second kappa shape index (κ2) is 7.77. The topological polar surface area (TPSA) is 114 Å². The highest BCUT2D eigenvalue weighted by atomic mass is 16.5. The summed E-state index contributed by atoms with van der Waals surface area (Å²) in [6.45, 7) is 7.61. The van der Waals surface area contributed by atoms with Crippen molar-refractivity contribution >= 4 is 16.6 Å². The van der Waals surface area contributed by atoms with Crippen LogP contribution in [0.5, 0.6) is 11.5 Å². The van der Waals surface area contributed by atoms with Crippen LogP contribution in [0.4, 0.5) is 5.69 Å². The Bertz CT molecular complexity index is 1200. The molecule has 0 fully saturated rings. The van der Waals surface area contributed by atoms with Gasteiger partial charge in [-0.3, -0.25) is 0 Å². The van der Waals surface area contributed by atoms with Gasteiger partial charge in [-0.15, -0.1) is 5.10 Å². The summed E-state index contributed by atoms with van der Waals surface area (Å²) >= 11 is 0. The van der Waals surface area contributed by atoms with Crippen LogP contribution in [0.25, 0.3) is 22.4 Å². The number of ether oxygens (including phenoxy) is 2. The number of fused-ring (bicyclic) bond motifs is 1. The quantitative estimate of drug-likeness (QED) is 0.380. The standard InChI is InChI=1S/C20H17N7O2/c1-3-28-17-9-15-16(10-18(17)29-4-2)22-12-23-19(15)20-24-25-26-27(20)11-13-6-5-7-14(21)8-13/h3-10,12H,1-2,11,21H2. The molecule has 0 unspecified atom stereocenters. The molecule has 0 aliphatic rings. The maximum absolute atomic E-state index is 5.87. The molecule has 0 bridgehead atoms. The van der Waals surface area contributed by atoms with Crippen LogP contribution in [0.1, 0.15) is 5.56 Å². The molecule has 2 aromatic carbocycles. The van der Waals surface area contributed by atoms with Crippen molar-refractivity contribution in [2.75, 3.05) is 5.73 Å². The second-order valence-corrected chi connectivity index (χ2v) is 6.01. The molecule has 0 amide bonds. The SMILES string of the molecule is C=COc1cc2ncnc(-c3nnnn3Cc3cccc(N)c3)c2cc1OC=C. The Balaban J connectivity index is 1.82. The summed E-state index contributed by atoms with van der Waals surface area (Å²) in [4.78, 5) is 8.72. The number of nitrogens with two attached hydrogens (primary N) is 1. The van der Waals surface area contributed by atoms with E-state index in [0.29, 0.717) is 46.2 Å². The van der Waals surface area contributed by atoms with Gasteiger partial charge in [0, 0.05) is 17.1 Å². The van der Waals surface area contributed by atoms with Gasteiger partial charge < -0.3 is 15.2 Å². The number of rotatable bonds is 7. The number of nitrogens with zero attached hydrogens (tertiary/aromatic N) is 6. The minimum atomic E-state index is 0.437. The van der Waals surface area contributed by atoms with E-state index in [2.05, 4.69) is 38.7 Å². The number of hydrogen-bond donors (Lipinski definition) is 1. The van der Waals surface area contributed by atoms with Crippen molar-refractivity contribution < 1.29 is 9.47 Å². The predicted octanol–water partition coefficient (Wildman–Crippen LogP) is 2.96. The van der Waals surface area contributed by atoms with Gasteiger partial charge in [0.15, 0.2) is 11.5 Å². The Labute approximate surface area is 166 Å². The van der Waals surface area contributed by atoms with Crippen LogP contribution in [0.3, 0.4) is 0 Å². The number of benzene rings is 2. The zero-order valence-electron chi connectivity index (χ0n) is 15.4. The van der Waals surface area contributed by atoms with Gasteiger partial charge in [0.25, 0.3) is 0 Å². The first-order valence-electron chi connectivity index (χ1n) is 8.64. The van der Waals surface area contributed by atoms with Crippen LogP contribution in [-0.2, 0) is 6.54 Å². The third kappa shape index (κ3) is 3.61. The van der Waals surface area contributed by atoms with Gasteiger partial charge in [0.2, 0.25) is 5.82 Å². The average Bonchev–Trinajstić information content (AvgIpc) is 3.16. The van der Waals surface area contributed by atoms with E-state index in [1.54, 1.807) is 16.8 Å². The van der Waals surface area contributed by atoms with Gasteiger partial charge in [-0.25, -0.2) is 14.6 Å². The molecule has 9 nitrogen and oxygen atoms in total. The Morgan fingerprint density at radius 1 is 1.03 bits per heavy atom. The molecule has 0 aliphatic carbocycles. The van der Waals surface area contributed by atoms with Crippen molar-refractivity contribution in [3.8, 4) is 23.0 Å². The minimum absolute atomic E-state index is 0.437. The monoisotopic (exact) mass is 387 g/mol. The van der Waals surface area contributed by atoms with Crippen molar-refractivity contribution in [1.29, 1.82) is 0 Å². The van der Waals surface area contributed by atoms with Crippen molar-refractivity contribution in [2.24, 2.45) is 0 Å². The highest BCUT2D eigenvalue weighted by molar-refractivity contribution is 5.92. The molecule has 4 aromatic rings. The van der Waals surface area contributed by atoms with E-state index >= 15 is 0 Å². The van der Waals surface area contributed by atoms with Crippen LogP contribution < -0.4 is 15.2 Å². The van der Waals surface area contributed by atoms with Crippen LogP contribution in [0, 0.1) is 0 Å². The lowest BCUT2D eigenvalue weighted by Gasteiger charge is -2.11. The number of nitrogen functional groups attached to an aromatic ring is 1. The van der Waals surface area contributed by atoms with Crippen LogP contribution in [-0.4, -0.2) is 30.2 Å². The summed E-state index contributed by atoms with van der Waals surface area (Å²) < 4.78 is 12.5. The fraction of sp³-hybridized carbons (Fsp3) is 0.0500. The average molecular weight is 387 g/mol. The maximum atomic E-state index is 5.87. The Morgan fingerprint density at radius 2 is 1.83 bits per heavy atom. The lowest BCUT2D eigenvalue weighted by Crippen LogP contribution is -2.06. The molecule has 0 aliphatic heterocycles. The first kappa shape index (κ1) is 18.1. The predicted molar refractivity (Wildman–Crippen MR) is 108 cm³/mol. The Kier molecular flexibility index (Phi) is 4.85. The third-order valence-electron chi connectivity index (χ3n) is 4.15. The third-order valence-corrected chi connectivity index (χ3v) is 4.15. The van der Waals surface area contributed by atoms with E-state index in [9.17, 15) is 0 Å². The number of anilines is 1. The van der Waals surface area contributed by atoms with Crippen molar-refractivity contribution in [3.05, 3.63) is 74.0 Å². The van der Waals surface area contributed by atoms with Crippen LogP contribution >= 0.6 is 0 Å². The molecular formula is C20H17N7O2. The van der Waals surface area contributed by atoms with Crippen molar-refractivity contribution in [3.63, 3.8) is 0 Å². The van der Waals surface area contributed by atoms with Gasteiger partial charge >= 0.3 is 0 Å². The Morgan fingerprint density at radius 3 is 2.59 bits per heavy atom. The van der Waals surface area contributed by atoms with Gasteiger partial charge in [0.1, 0.15) is 12.0 Å². The highest BCUT2D eigenvalue weighted by Gasteiger charge is 2.17. The summed E-state index contributed by atoms with van der Waals surface area (Å²) in [5.74, 6) is 1.39. The van der Waals surface area contributed by atoms with Gasteiger partial charge in [-0.2, -0.15) is 0 Å². The van der Waals surface area contributed by atoms with E-state index in [4.69, 9.17) is 15.2 Å². The number of hydrogen-bond acceptors (Lipinski definition) is 8. The van der Waals surface area contributed by atoms with Crippen molar-refractivity contribution in [2.45, 2.75) is 6.54 Å². The number of tetrazole rings is 1. The second-order valence-electron chi connectivity index (χ2n) is 6.01. The molecule has 2 heterocycles. The molecule has 0 saturated carbocycles. The first-order chi connectivity index (χ1) is 14.2. The Hall–Kier alpha value is -4.27. The largest absolute Gasteiger partial charge is 0.462 e. The minimum Gasteiger partial charge on any atom is -0.462 e. The molecule has 0 spiro atoms. The molecule has 9 heteroatoms. The van der Waals surface area contributed by atoms with E-state index < -0.39 is 0 Å². The van der Waals surface area contributed by atoms with Crippen LogP contribution in [0.2, 0.25) is 0 Å². The zero-order valence-corrected chi connectivity index (χ0v) is 15.4. The van der Waals surface area contributed by atoms with Gasteiger partial charge in [0.05, 0.1) is 24.6 Å². The smallest absolute Gasteiger partial charge is 0.201 e. The summed E-state index contributed by atoms with van der Waals surface area (Å²) in [7, 11) is 0. The molecule has 29 heavy (non-hydrogen) atoms. The molecule has 2 N–H and O–H groups in total. The molecule has 144 valence electrons. The van der Waals surface area contributed by atoms with Gasteiger partial charge in [-0.1, -0.05) is 25.3 Å². The molecule has 0 atom stereocenters. The van der Waals surface area contributed by atoms with Crippen LogP contribution in [0.15, 0.2) is 68.4 Å². The molecule has 4 rings (SSSR count). The normalized spacial score (nSPS) is 10.6. The summed E-state index contributed by atoms with van der Waals surface area (Å²) in [6, 6.07) is 11.0. The molecule has 0 radical (unpaired) electrons. The molecular weight excluding hydrogens is 370 g/mol. The van der Waals surface area contributed by atoms with E-state index in [1.807, 2.05) is 24.3 Å². The zero-order chi connectivity index (χ0) is 20.2. The first-order valence-corrected chi connectivity index (χ1v) is 8.64. The van der Waals surface area contributed by atoms with E-state index in [1.165, 1.54) is 18.9 Å². The maximum Gasteiger partial charge on any atom is 0.201 e. The summed E-state index contributed by atoms with van der Waals surface area (Å²) in [5.41, 5.74) is 8.71. The lowest BCUT2D eigenvalue weighted by atomic mass is 10.1. The highest BCUT2D eigenvalue weighted by Crippen LogP contribution is 2.35. The van der Waals surface area contributed by atoms with Gasteiger partial charge in [-0.05, 0) is 34.2 Å². The lowest BCUT2D eigenvalue weighted by molar-refractivity contribution is 0.419. The van der Waals surface area contributed by atoms with E-state index in [-0.39, 0.29) is 0 Å². The van der Waals surface area contributed by atoms with E-state index in [0.717, 1.165) is 5.56 Å². The molecule has 2 aromatic heterocycles. The fourth-order valence-corrected chi connectivity index (χ4v) is 2.95. The number of aromatic nitrogens is 6.